The molecule has 0 aliphatic carbocycles. The van der Waals surface area contributed by atoms with Gasteiger partial charge in [0.05, 0.1) is 5.69 Å². The summed E-state index contributed by atoms with van der Waals surface area (Å²) in [4.78, 5) is 24.3. The van der Waals surface area contributed by atoms with Gasteiger partial charge in [-0.05, 0) is 53.2 Å². The number of aryl methyl sites for hydroxylation is 1. The first kappa shape index (κ1) is 17.5. The highest BCUT2D eigenvalue weighted by Crippen LogP contribution is 2.32. The third-order valence-electron chi connectivity index (χ3n) is 4.07. The van der Waals surface area contributed by atoms with Crippen LogP contribution in [0.2, 0.25) is 0 Å². The molecule has 0 fully saturated rings. The molecule has 10 heteroatoms. The van der Waals surface area contributed by atoms with Crippen LogP contribution in [-0.2, 0) is 16.1 Å². The Bertz CT molecular complexity index is 1050. The SMILES string of the molecule is Cc1nnnn1-c1cccc(NC(=O)C(=O)NCc2ccc3c(c2)OCO3)c1. The Morgan fingerprint density at radius 1 is 1.11 bits per heavy atom. The summed E-state index contributed by atoms with van der Waals surface area (Å²) in [7, 11) is 0. The number of aromatic nitrogens is 4. The van der Waals surface area contributed by atoms with E-state index in [0.29, 0.717) is 28.7 Å². The molecule has 3 aromatic rings. The molecule has 1 aliphatic rings. The molecule has 0 saturated carbocycles. The molecule has 0 spiro atoms. The molecule has 0 atom stereocenters. The Kier molecular flexibility index (Phi) is 4.58. The molecule has 28 heavy (non-hydrogen) atoms. The quantitative estimate of drug-likeness (QED) is 0.647. The number of nitrogens with zero attached hydrogens (tertiary/aromatic N) is 4. The zero-order valence-corrected chi connectivity index (χ0v) is 14.9. The molecular weight excluding hydrogens is 364 g/mol. The van der Waals surface area contributed by atoms with Crippen molar-refractivity contribution >= 4 is 17.5 Å². The highest BCUT2D eigenvalue weighted by molar-refractivity contribution is 6.39. The Hall–Kier alpha value is -3.95. The van der Waals surface area contributed by atoms with Crippen molar-refractivity contribution in [3.8, 4) is 17.2 Å². The van der Waals surface area contributed by atoms with Crippen molar-refractivity contribution in [2.75, 3.05) is 12.1 Å². The fourth-order valence-electron chi connectivity index (χ4n) is 2.69. The predicted molar refractivity (Wildman–Crippen MR) is 96.9 cm³/mol. The van der Waals surface area contributed by atoms with E-state index in [2.05, 4.69) is 26.2 Å². The summed E-state index contributed by atoms with van der Waals surface area (Å²) < 4.78 is 12.1. The number of tetrazole rings is 1. The van der Waals surface area contributed by atoms with Gasteiger partial charge < -0.3 is 20.1 Å². The van der Waals surface area contributed by atoms with E-state index in [1.54, 1.807) is 49.4 Å². The fourth-order valence-corrected chi connectivity index (χ4v) is 2.69. The average Bonchev–Trinajstić information content (AvgIpc) is 3.34. The summed E-state index contributed by atoms with van der Waals surface area (Å²) in [6, 6.07) is 12.2. The van der Waals surface area contributed by atoms with Crippen LogP contribution in [0.1, 0.15) is 11.4 Å². The lowest BCUT2D eigenvalue weighted by atomic mass is 10.2. The van der Waals surface area contributed by atoms with E-state index >= 15 is 0 Å². The topological polar surface area (TPSA) is 120 Å². The number of rotatable bonds is 4. The van der Waals surface area contributed by atoms with Crippen LogP contribution in [-0.4, -0.2) is 38.8 Å². The number of hydrogen-bond acceptors (Lipinski definition) is 7. The lowest BCUT2D eigenvalue weighted by Crippen LogP contribution is -2.34. The molecule has 4 rings (SSSR count). The van der Waals surface area contributed by atoms with Gasteiger partial charge in [0.1, 0.15) is 0 Å². The van der Waals surface area contributed by atoms with Crippen LogP contribution in [0.3, 0.4) is 0 Å². The van der Waals surface area contributed by atoms with Crippen molar-refractivity contribution in [2.24, 2.45) is 0 Å². The van der Waals surface area contributed by atoms with Crippen LogP contribution in [0, 0.1) is 6.92 Å². The van der Waals surface area contributed by atoms with E-state index in [4.69, 9.17) is 9.47 Å². The van der Waals surface area contributed by atoms with Crippen LogP contribution in [0.25, 0.3) is 5.69 Å². The van der Waals surface area contributed by atoms with Gasteiger partial charge in [0.15, 0.2) is 17.3 Å². The van der Waals surface area contributed by atoms with Gasteiger partial charge in [-0.25, -0.2) is 0 Å². The lowest BCUT2D eigenvalue weighted by molar-refractivity contribution is -0.136. The third-order valence-corrected chi connectivity index (χ3v) is 4.07. The summed E-state index contributed by atoms with van der Waals surface area (Å²) in [6.07, 6.45) is 0. The Morgan fingerprint density at radius 3 is 2.79 bits per heavy atom. The molecule has 0 radical (unpaired) electrons. The Balaban J connectivity index is 1.37. The van der Waals surface area contributed by atoms with E-state index < -0.39 is 11.8 Å². The summed E-state index contributed by atoms with van der Waals surface area (Å²) in [6.45, 7) is 2.12. The maximum Gasteiger partial charge on any atom is 0.313 e. The van der Waals surface area contributed by atoms with E-state index in [1.807, 2.05) is 0 Å². The van der Waals surface area contributed by atoms with Crippen molar-refractivity contribution < 1.29 is 19.1 Å². The first-order chi connectivity index (χ1) is 13.6. The molecule has 2 aromatic carbocycles. The summed E-state index contributed by atoms with van der Waals surface area (Å²) >= 11 is 0. The van der Waals surface area contributed by atoms with Crippen LogP contribution in [0.4, 0.5) is 5.69 Å². The molecule has 1 aromatic heterocycles. The highest BCUT2D eigenvalue weighted by Gasteiger charge is 2.16. The fraction of sp³-hybridized carbons (Fsp3) is 0.167. The second-order valence-corrected chi connectivity index (χ2v) is 6.01. The van der Waals surface area contributed by atoms with Gasteiger partial charge in [0, 0.05) is 12.2 Å². The number of nitrogens with one attached hydrogen (secondary N) is 2. The van der Waals surface area contributed by atoms with Gasteiger partial charge in [-0.2, -0.15) is 4.68 Å². The molecule has 0 saturated heterocycles. The summed E-state index contributed by atoms with van der Waals surface area (Å²) in [5.41, 5.74) is 1.92. The molecule has 10 nitrogen and oxygen atoms in total. The van der Waals surface area contributed by atoms with Crippen molar-refractivity contribution in [1.29, 1.82) is 0 Å². The molecule has 0 bridgehead atoms. The molecule has 0 unspecified atom stereocenters. The van der Waals surface area contributed by atoms with Crippen molar-refractivity contribution in [1.82, 2.24) is 25.5 Å². The number of amides is 2. The van der Waals surface area contributed by atoms with Gasteiger partial charge in [0.2, 0.25) is 6.79 Å². The van der Waals surface area contributed by atoms with E-state index in [0.717, 1.165) is 5.56 Å². The Labute approximate surface area is 159 Å². The number of fused-ring (bicyclic) bond motifs is 1. The maximum atomic E-state index is 12.2. The molecule has 2 amide bonds. The Morgan fingerprint density at radius 2 is 1.96 bits per heavy atom. The minimum atomic E-state index is -0.772. The molecule has 1 aliphatic heterocycles. The first-order valence-electron chi connectivity index (χ1n) is 8.43. The normalized spacial score (nSPS) is 11.9. The minimum absolute atomic E-state index is 0.177. The van der Waals surface area contributed by atoms with Gasteiger partial charge in [-0.1, -0.05) is 12.1 Å². The van der Waals surface area contributed by atoms with E-state index in [-0.39, 0.29) is 13.3 Å². The van der Waals surface area contributed by atoms with Gasteiger partial charge >= 0.3 is 11.8 Å². The molecule has 2 N–H and O–H groups in total. The molecule has 142 valence electrons. The molecular formula is C18H16N6O4. The van der Waals surface area contributed by atoms with Crippen molar-refractivity contribution in [3.05, 3.63) is 53.9 Å². The zero-order chi connectivity index (χ0) is 19.5. The van der Waals surface area contributed by atoms with Crippen LogP contribution in [0.15, 0.2) is 42.5 Å². The van der Waals surface area contributed by atoms with Crippen molar-refractivity contribution in [3.63, 3.8) is 0 Å². The number of anilines is 1. The third kappa shape index (κ3) is 3.61. The monoisotopic (exact) mass is 380 g/mol. The number of benzene rings is 2. The zero-order valence-electron chi connectivity index (χ0n) is 14.9. The predicted octanol–water partition coefficient (Wildman–Crippen LogP) is 0.954. The minimum Gasteiger partial charge on any atom is -0.454 e. The smallest absolute Gasteiger partial charge is 0.313 e. The largest absolute Gasteiger partial charge is 0.454 e. The van der Waals surface area contributed by atoms with Crippen LogP contribution < -0.4 is 20.1 Å². The second kappa shape index (κ2) is 7.35. The van der Waals surface area contributed by atoms with Gasteiger partial charge in [0.25, 0.3) is 0 Å². The summed E-state index contributed by atoms with van der Waals surface area (Å²) in [5, 5.41) is 16.4. The maximum absolute atomic E-state index is 12.2. The second-order valence-electron chi connectivity index (χ2n) is 6.01. The molecule has 2 heterocycles. The van der Waals surface area contributed by atoms with Crippen LogP contribution >= 0.6 is 0 Å². The average molecular weight is 380 g/mol. The van der Waals surface area contributed by atoms with E-state index in [1.165, 1.54) is 4.68 Å². The number of ether oxygens (including phenoxy) is 2. The lowest BCUT2D eigenvalue weighted by Gasteiger charge is -2.09. The number of hydrogen-bond donors (Lipinski definition) is 2. The van der Waals surface area contributed by atoms with Crippen LogP contribution in [0.5, 0.6) is 11.5 Å². The number of carbonyl (C=O) groups excluding carboxylic acids is 2. The first-order valence-corrected chi connectivity index (χ1v) is 8.43. The standard InChI is InChI=1S/C18H16N6O4/c1-11-21-22-23-24(11)14-4-2-3-13(8-14)20-18(26)17(25)19-9-12-5-6-15-16(7-12)28-10-27-15/h2-8H,9-10H2,1H3,(H,19,25)(H,20,26). The van der Waals surface area contributed by atoms with Gasteiger partial charge in [-0.3, -0.25) is 9.59 Å². The summed E-state index contributed by atoms with van der Waals surface area (Å²) in [5.74, 6) is 0.356. The number of carbonyl (C=O) groups is 2. The van der Waals surface area contributed by atoms with Crippen molar-refractivity contribution in [2.45, 2.75) is 13.5 Å². The van der Waals surface area contributed by atoms with E-state index in [9.17, 15) is 9.59 Å². The van der Waals surface area contributed by atoms with Gasteiger partial charge in [-0.15, -0.1) is 5.10 Å². The highest BCUT2D eigenvalue weighted by atomic mass is 16.7.